The highest BCUT2D eigenvalue weighted by atomic mass is 32.2. The van der Waals surface area contributed by atoms with Crippen molar-refractivity contribution < 1.29 is 17.9 Å². The van der Waals surface area contributed by atoms with Crippen LogP contribution in [0.5, 0.6) is 5.75 Å². The van der Waals surface area contributed by atoms with Gasteiger partial charge in [0.2, 0.25) is 10.0 Å². The van der Waals surface area contributed by atoms with Gasteiger partial charge >= 0.3 is 0 Å². The van der Waals surface area contributed by atoms with E-state index in [0.29, 0.717) is 5.75 Å². The Morgan fingerprint density at radius 2 is 1.40 bits per heavy atom. The van der Waals surface area contributed by atoms with Gasteiger partial charge in [-0.25, -0.2) is 13.1 Å². The van der Waals surface area contributed by atoms with Crippen LogP contribution in [0, 0.1) is 0 Å². The minimum Gasteiger partial charge on any atom is -0.481 e. The zero-order valence-electron chi connectivity index (χ0n) is 16.6. The molecule has 0 saturated heterocycles. The summed E-state index contributed by atoms with van der Waals surface area (Å²) in [7, 11) is -3.59. The number of ether oxygens (including phenoxy) is 1. The van der Waals surface area contributed by atoms with Crippen molar-refractivity contribution in [3.63, 3.8) is 0 Å². The van der Waals surface area contributed by atoms with Crippen molar-refractivity contribution in [1.29, 1.82) is 0 Å². The summed E-state index contributed by atoms with van der Waals surface area (Å²) in [4.78, 5) is 12.4. The predicted molar refractivity (Wildman–Crippen MR) is 117 cm³/mol. The van der Waals surface area contributed by atoms with Gasteiger partial charge < -0.3 is 10.1 Å². The van der Waals surface area contributed by atoms with Crippen LogP contribution in [0.4, 0.5) is 0 Å². The second-order valence-electron chi connectivity index (χ2n) is 6.65. The third-order valence-corrected chi connectivity index (χ3v) is 5.89. The third-order valence-electron chi connectivity index (χ3n) is 4.41. The second kappa shape index (κ2) is 10.0. The first-order valence-corrected chi connectivity index (χ1v) is 11.1. The third kappa shape index (κ3) is 5.92. The molecule has 2 N–H and O–H groups in total. The van der Waals surface area contributed by atoms with Gasteiger partial charge in [-0.05, 0) is 42.3 Å². The van der Waals surface area contributed by atoms with Crippen LogP contribution in [0.15, 0.2) is 89.8 Å². The van der Waals surface area contributed by atoms with Crippen molar-refractivity contribution in [3.05, 3.63) is 84.9 Å². The average molecular weight is 425 g/mol. The largest absolute Gasteiger partial charge is 0.481 e. The highest BCUT2D eigenvalue weighted by molar-refractivity contribution is 7.89. The molecule has 0 bridgehead atoms. The normalized spacial score (nSPS) is 12.2. The summed E-state index contributed by atoms with van der Waals surface area (Å²) in [5, 5.41) is 2.67. The highest BCUT2D eigenvalue weighted by Crippen LogP contribution is 2.22. The molecule has 0 aliphatic rings. The molecule has 7 heteroatoms. The fraction of sp³-hybridized carbons (Fsp3) is 0.174. The summed E-state index contributed by atoms with van der Waals surface area (Å²) in [6.07, 6.45) is -0.710. The zero-order valence-corrected chi connectivity index (χ0v) is 17.4. The lowest BCUT2D eigenvalue weighted by Gasteiger charge is -2.15. The maximum absolute atomic E-state index is 12.2. The number of carbonyl (C=O) groups is 1. The van der Waals surface area contributed by atoms with Gasteiger partial charge in [0.05, 0.1) is 4.90 Å². The van der Waals surface area contributed by atoms with E-state index in [2.05, 4.69) is 10.0 Å². The lowest BCUT2D eigenvalue weighted by Crippen LogP contribution is -2.40. The molecule has 0 spiro atoms. The standard InChI is InChI=1S/C23H24N2O4S/c1-18(29-21-14-12-20(13-15-21)19-8-4-2-5-9-19)23(26)24-16-17-25-30(27,28)22-10-6-3-7-11-22/h2-15,18,25H,16-17H2,1H3,(H,24,26). The van der Waals surface area contributed by atoms with Gasteiger partial charge in [0.1, 0.15) is 5.75 Å². The lowest BCUT2D eigenvalue weighted by molar-refractivity contribution is -0.127. The molecule has 0 fully saturated rings. The van der Waals surface area contributed by atoms with Crippen LogP contribution in [-0.4, -0.2) is 33.5 Å². The van der Waals surface area contributed by atoms with Crippen LogP contribution in [0.25, 0.3) is 11.1 Å². The zero-order chi connectivity index (χ0) is 21.4. The van der Waals surface area contributed by atoms with Crippen LogP contribution in [0.2, 0.25) is 0 Å². The SMILES string of the molecule is CC(Oc1ccc(-c2ccccc2)cc1)C(=O)NCCNS(=O)(=O)c1ccccc1. The Labute approximate surface area is 177 Å². The molecule has 1 atom stereocenters. The summed E-state index contributed by atoms with van der Waals surface area (Å²) in [5.41, 5.74) is 2.17. The van der Waals surface area contributed by atoms with Crippen LogP contribution in [-0.2, 0) is 14.8 Å². The number of nitrogens with one attached hydrogen (secondary N) is 2. The van der Waals surface area contributed by atoms with E-state index in [1.54, 1.807) is 25.1 Å². The molecule has 0 radical (unpaired) electrons. The monoisotopic (exact) mass is 424 g/mol. The molecule has 0 saturated carbocycles. The Hall–Kier alpha value is -3.16. The molecule has 0 heterocycles. The number of sulfonamides is 1. The molecule has 3 rings (SSSR count). The first-order valence-electron chi connectivity index (χ1n) is 9.60. The molecule has 0 aromatic heterocycles. The van der Waals surface area contributed by atoms with Gasteiger partial charge in [-0.2, -0.15) is 0 Å². The maximum Gasteiger partial charge on any atom is 0.260 e. The summed E-state index contributed by atoms with van der Waals surface area (Å²) < 4.78 is 32.4. The molecule has 3 aromatic carbocycles. The van der Waals surface area contributed by atoms with Crippen LogP contribution >= 0.6 is 0 Å². The fourth-order valence-corrected chi connectivity index (χ4v) is 3.86. The fourth-order valence-electron chi connectivity index (χ4n) is 2.81. The van der Waals surface area contributed by atoms with Gasteiger partial charge in [0.25, 0.3) is 5.91 Å². The van der Waals surface area contributed by atoms with E-state index in [-0.39, 0.29) is 23.9 Å². The quantitative estimate of drug-likeness (QED) is 0.517. The molecule has 0 aliphatic carbocycles. The molecule has 1 amide bonds. The number of benzene rings is 3. The molecule has 3 aromatic rings. The van der Waals surface area contributed by atoms with E-state index in [4.69, 9.17) is 4.74 Å². The minimum atomic E-state index is -3.59. The van der Waals surface area contributed by atoms with Gasteiger partial charge in [-0.3, -0.25) is 4.79 Å². The minimum absolute atomic E-state index is 0.0848. The number of amides is 1. The summed E-state index contributed by atoms with van der Waals surface area (Å²) in [6, 6.07) is 25.6. The van der Waals surface area contributed by atoms with E-state index < -0.39 is 16.1 Å². The Morgan fingerprint density at radius 3 is 2.03 bits per heavy atom. The van der Waals surface area contributed by atoms with Crippen molar-refractivity contribution in [2.75, 3.05) is 13.1 Å². The smallest absolute Gasteiger partial charge is 0.260 e. The van der Waals surface area contributed by atoms with Crippen molar-refractivity contribution in [1.82, 2.24) is 10.0 Å². The number of rotatable bonds is 9. The van der Waals surface area contributed by atoms with E-state index in [1.165, 1.54) is 12.1 Å². The second-order valence-corrected chi connectivity index (χ2v) is 8.42. The Morgan fingerprint density at radius 1 is 0.833 bits per heavy atom. The average Bonchev–Trinajstić information content (AvgIpc) is 2.78. The van der Waals surface area contributed by atoms with Crippen LogP contribution in [0.3, 0.4) is 0 Å². The van der Waals surface area contributed by atoms with Gasteiger partial charge in [0.15, 0.2) is 6.10 Å². The van der Waals surface area contributed by atoms with Crippen molar-refractivity contribution in [2.24, 2.45) is 0 Å². The van der Waals surface area contributed by atoms with Crippen molar-refractivity contribution in [3.8, 4) is 16.9 Å². The van der Waals surface area contributed by atoms with E-state index in [1.807, 2.05) is 54.6 Å². The topological polar surface area (TPSA) is 84.5 Å². The van der Waals surface area contributed by atoms with Gasteiger partial charge in [-0.1, -0.05) is 60.7 Å². The Kier molecular flexibility index (Phi) is 7.21. The summed E-state index contributed by atoms with van der Waals surface area (Å²) in [6.45, 7) is 1.89. The Bertz CT molecular complexity index is 1050. The number of carbonyl (C=O) groups excluding carboxylic acids is 1. The number of hydrogen-bond donors (Lipinski definition) is 2. The molecular formula is C23H24N2O4S. The first-order chi connectivity index (χ1) is 14.5. The molecule has 30 heavy (non-hydrogen) atoms. The predicted octanol–water partition coefficient (Wildman–Crippen LogP) is 3.22. The van der Waals surface area contributed by atoms with Crippen molar-refractivity contribution >= 4 is 15.9 Å². The Balaban J connectivity index is 1.45. The van der Waals surface area contributed by atoms with E-state index in [9.17, 15) is 13.2 Å². The summed E-state index contributed by atoms with van der Waals surface area (Å²) >= 11 is 0. The summed E-state index contributed by atoms with van der Waals surface area (Å²) in [5.74, 6) is 0.267. The van der Waals surface area contributed by atoms with Gasteiger partial charge in [-0.15, -0.1) is 0 Å². The first kappa shape index (κ1) is 21.5. The van der Waals surface area contributed by atoms with Gasteiger partial charge in [0, 0.05) is 13.1 Å². The lowest BCUT2D eigenvalue weighted by atomic mass is 10.1. The molecule has 1 unspecified atom stereocenters. The molecular weight excluding hydrogens is 400 g/mol. The van der Waals surface area contributed by atoms with Crippen molar-refractivity contribution in [2.45, 2.75) is 17.9 Å². The van der Waals surface area contributed by atoms with Crippen LogP contribution < -0.4 is 14.8 Å². The van der Waals surface area contributed by atoms with E-state index >= 15 is 0 Å². The van der Waals surface area contributed by atoms with E-state index in [0.717, 1.165) is 11.1 Å². The van der Waals surface area contributed by atoms with Crippen LogP contribution in [0.1, 0.15) is 6.92 Å². The highest BCUT2D eigenvalue weighted by Gasteiger charge is 2.16. The molecule has 156 valence electrons. The molecule has 6 nitrogen and oxygen atoms in total. The maximum atomic E-state index is 12.2. The molecule has 0 aliphatic heterocycles. The number of hydrogen-bond acceptors (Lipinski definition) is 4.